The number of carbonyl (C=O) groups excluding carboxylic acids is 1. The number of hydrogen-bond donors (Lipinski definition) is 0. The van der Waals surface area contributed by atoms with Crippen molar-refractivity contribution in [1.82, 2.24) is 19.0 Å². The molecule has 3 heterocycles. The summed E-state index contributed by atoms with van der Waals surface area (Å²) in [5, 5.41) is 2.88. The van der Waals surface area contributed by atoms with E-state index in [9.17, 15) is 30.8 Å². The van der Waals surface area contributed by atoms with Gasteiger partial charge in [0.2, 0.25) is 5.91 Å². The first-order valence-corrected chi connectivity index (χ1v) is 11.3. The minimum absolute atomic E-state index is 0.0301. The van der Waals surface area contributed by atoms with Gasteiger partial charge in [0.05, 0.1) is 15.6 Å². The van der Waals surface area contributed by atoms with Crippen LogP contribution in [0.15, 0.2) is 40.9 Å². The molecule has 1 atom stereocenters. The maximum Gasteiger partial charge on any atom is 0.436 e. The predicted molar refractivity (Wildman–Crippen MR) is 105 cm³/mol. The fourth-order valence-electron chi connectivity index (χ4n) is 3.76. The molecule has 0 spiro atoms. The second-order valence-electron chi connectivity index (χ2n) is 7.61. The van der Waals surface area contributed by atoms with Crippen molar-refractivity contribution in [1.29, 1.82) is 0 Å². The van der Waals surface area contributed by atoms with Crippen molar-refractivity contribution in [2.45, 2.75) is 24.5 Å². The third-order valence-electron chi connectivity index (χ3n) is 5.51. The summed E-state index contributed by atoms with van der Waals surface area (Å²) < 4.78 is 79.6. The zero-order valence-corrected chi connectivity index (χ0v) is 18.2. The van der Waals surface area contributed by atoms with Crippen molar-refractivity contribution in [3.05, 3.63) is 58.3 Å². The van der Waals surface area contributed by atoms with E-state index in [4.69, 9.17) is 11.6 Å². The predicted octanol–water partition coefficient (Wildman–Crippen LogP) is 3.05. The number of alkyl halides is 3. The second kappa shape index (κ2) is 7.77. The number of sulfonamides is 1. The number of halogens is 5. The summed E-state index contributed by atoms with van der Waals surface area (Å²) in [5.74, 6) is -1.24. The lowest BCUT2D eigenvalue weighted by Crippen LogP contribution is -2.35. The molecule has 7 nitrogen and oxygen atoms in total. The van der Waals surface area contributed by atoms with Gasteiger partial charge >= 0.3 is 6.18 Å². The van der Waals surface area contributed by atoms with Crippen LogP contribution in [0.25, 0.3) is 0 Å². The van der Waals surface area contributed by atoms with Crippen molar-refractivity contribution in [2.24, 2.45) is 5.92 Å². The smallest absolute Gasteiger partial charge is 0.336 e. The van der Waals surface area contributed by atoms with Crippen LogP contribution >= 0.6 is 11.6 Å². The van der Waals surface area contributed by atoms with E-state index in [1.165, 1.54) is 30.2 Å². The molecule has 0 bridgehead atoms. The van der Waals surface area contributed by atoms with Crippen LogP contribution in [0.2, 0.25) is 5.02 Å². The molecule has 172 valence electrons. The van der Waals surface area contributed by atoms with E-state index >= 15 is 0 Å². The van der Waals surface area contributed by atoms with Gasteiger partial charge in [-0.1, -0.05) is 11.6 Å². The molecule has 0 radical (unpaired) electrons. The Hall–Kier alpha value is -2.60. The maximum atomic E-state index is 13.1. The summed E-state index contributed by atoms with van der Waals surface area (Å²) in [6.45, 7) is 1.42. The number of amides is 1. The summed E-state index contributed by atoms with van der Waals surface area (Å²) in [6.07, 6.45) is -3.28. The van der Waals surface area contributed by atoms with Crippen LogP contribution in [0.4, 0.5) is 17.6 Å². The molecule has 1 aromatic heterocycles. The van der Waals surface area contributed by atoms with E-state index in [1.807, 2.05) is 0 Å². The first-order valence-electron chi connectivity index (χ1n) is 9.44. The number of likely N-dealkylation sites (tertiary alicyclic amines) is 1. The van der Waals surface area contributed by atoms with Gasteiger partial charge in [-0.05, 0) is 36.8 Å². The number of carbonyl (C=O) groups is 1. The fraction of sp³-hybridized carbons (Fsp3) is 0.368. The first-order chi connectivity index (χ1) is 14.9. The minimum atomic E-state index is -4.73. The summed E-state index contributed by atoms with van der Waals surface area (Å²) in [5.41, 5.74) is -0.496. The van der Waals surface area contributed by atoms with Crippen molar-refractivity contribution < 1.29 is 30.8 Å². The van der Waals surface area contributed by atoms with Crippen LogP contribution in [0.5, 0.6) is 0 Å². The SMILES string of the molecule is Cc1c(Cl)c(C(F)(F)F)nn1CC(=O)N1CC2=CN(S(=O)(=O)c3ccc(F)cc3)CC2C1. The Balaban J connectivity index is 1.46. The van der Waals surface area contributed by atoms with Crippen LogP contribution in [-0.4, -0.2) is 52.9 Å². The number of rotatable bonds is 4. The Kier molecular flexibility index (Phi) is 5.48. The van der Waals surface area contributed by atoms with Gasteiger partial charge in [0.1, 0.15) is 12.4 Å². The highest BCUT2D eigenvalue weighted by atomic mass is 35.5. The lowest BCUT2D eigenvalue weighted by Gasteiger charge is -2.21. The molecule has 32 heavy (non-hydrogen) atoms. The number of benzene rings is 1. The molecule has 1 saturated heterocycles. The number of hydrogen-bond acceptors (Lipinski definition) is 4. The Morgan fingerprint density at radius 3 is 2.44 bits per heavy atom. The topological polar surface area (TPSA) is 75.5 Å². The molecular weight excluding hydrogens is 476 g/mol. The van der Waals surface area contributed by atoms with Crippen LogP contribution in [0.3, 0.4) is 0 Å². The van der Waals surface area contributed by atoms with Gasteiger partial charge in [-0.25, -0.2) is 12.8 Å². The second-order valence-corrected chi connectivity index (χ2v) is 9.88. The largest absolute Gasteiger partial charge is 0.436 e. The van der Waals surface area contributed by atoms with Crippen molar-refractivity contribution in [3.8, 4) is 0 Å². The normalized spacial score (nSPS) is 18.8. The van der Waals surface area contributed by atoms with Gasteiger partial charge in [0.15, 0.2) is 5.69 Å². The van der Waals surface area contributed by atoms with Gasteiger partial charge in [-0.2, -0.15) is 18.3 Å². The minimum Gasteiger partial charge on any atom is -0.336 e. The highest BCUT2D eigenvalue weighted by Gasteiger charge is 2.41. The molecule has 13 heteroatoms. The maximum absolute atomic E-state index is 13.1. The molecule has 1 amide bonds. The fourth-order valence-corrected chi connectivity index (χ4v) is 5.40. The van der Waals surface area contributed by atoms with E-state index in [1.54, 1.807) is 0 Å². The average Bonchev–Trinajstić information content (AvgIpc) is 3.36. The first kappa shape index (κ1) is 22.6. The summed E-state index contributed by atoms with van der Waals surface area (Å²) in [4.78, 5) is 14.0. The Morgan fingerprint density at radius 1 is 1.22 bits per heavy atom. The van der Waals surface area contributed by atoms with Gasteiger partial charge in [0.25, 0.3) is 10.0 Å². The third-order valence-corrected chi connectivity index (χ3v) is 7.70. The van der Waals surface area contributed by atoms with Crippen LogP contribution < -0.4 is 0 Å². The lowest BCUT2D eigenvalue weighted by atomic mass is 10.1. The standard InChI is InChI=1S/C19H17ClF4N4O3S/c1-11-17(20)18(19(22,23)24)25-28(11)10-16(29)26-6-12-8-27(9-13(12)7-26)32(30,31)15-4-2-14(21)3-5-15/h2-5,8,13H,6-7,9-10H2,1H3. The Bertz CT molecular complexity index is 1210. The van der Waals surface area contributed by atoms with Gasteiger partial charge in [-0.15, -0.1) is 0 Å². The summed E-state index contributed by atoms with van der Waals surface area (Å²) in [6, 6.07) is 4.48. The summed E-state index contributed by atoms with van der Waals surface area (Å²) >= 11 is 5.72. The molecule has 2 aromatic rings. The molecule has 0 aliphatic carbocycles. The molecule has 4 rings (SSSR count). The molecule has 2 aliphatic rings. The van der Waals surface area contributed by atoms with E-state index in [0.717, 1.165) is 26.7 Å². The molecule has 1 aromatic carbocycles. The summed E-state index contributed by atoms with van der Waals surface area (Å²) in [7, 11) is -3.85. The highest BCUT2D eigenvalue weighted by Crippen LogP contribution is 2.36. The number of aromatic nitrogens is 2. The highest BCUT2D eigenvalue weighted by molar-refractivity contribution is 7.89. The molecule has 2 aliphatic heterocycles. The van der Waals surface area contributed by atoms with Gasteiger partial charge in [-0.3, -0.25) is 13.8 Å². The average molecular weight is 493 g/mol. The molecule has 1 fully saturated rings. The zero-order chi connectivity index (χ0) is 23.4. The number of fused-ring (bicyclic) bond motifs is 1. The molecule has 1 unspecified atom stereocenters. The zero-order valence-electron chi connectivity index (χ0n) is 16.6. The van der Waals surface area contributed by atoms with E-state index in [-0.39, 0.29) is 36.1 Å². The Labute approximate surface area is 185 Å². The van der Waals surface area contributed by atoms with Crippen molar-refractivity contribution in [2.75, 3.05) is 19.6 Å². The Morgan fingerprint density at radius 2 is 1.88 bits per heavy atom. The monoisotopic (exact) mass is 492 g/mol. The third kappa shape index (κ3) is 3.96. The quantitative estimate of drug-likeness (QED) is 0.615. The molecule has 0 N–H and O–H groups in total. The van der Waals surface area contributed by atoms with Crippen LogP contribution in [0.1, 0.15) is 11.4 Å². The molecular formula is C19H17ClF4N4O3S. The van der Waals surface area contributed by atoms with E-state index in [2.05, 4.69) is 5.10 Å². The van der Waals surface area contributed by atoms with Gasteiger partial charge < -0.3 is 4.90 Å². The van der Waals surface area contributed by atoms with E-state index in [0.29, 0.717) is 0 Å². The molecule has 0 saturated carbocycles. The van der Waals surface area contributed by atoms with Crippen molar-refractivity contribution >= 4 is 27.5 Å². The lowest BCUT2D eigenvalue weighted by molar-refractivity contribution is -0.142. The van der Waals surface area contributed by atoms with Crippen LogP contribution in [0, 0.1) is 18.7 Å². The van der Waals surface area contributed by atoms with Gasteiger partial charge in [0, 0.05) is 31.8 Å². The number of nitrogens with zero attached hydrogens (tertiary/aromatic N) is 4. The van der Waals surface area contributed by atoms with Crippen molar-refractivity contribution in [3.63, 3.8) is 0 Å². The van der Waals surface area contributed by atoms with Crippen LogP contribution in [-0.2, 0) is 27.5 Å². The van der Waals surface area contributed by atoms with E-state index < -0.39 is 45.2 Å².